The van der Waals surface area contributed by atoms with E-state index in [1.54, 1.807) is 26.8 Å². The molecule has 2 heterocycles. The van der Waals surface area contributed by atoms with Crippen LogP contribution in [0, 0.1) is 5.92 Å². The fourth-order valence-electron chi connectivity index (χ4n) is 3.38. The van der Waals surface area contributed by atoms with Crippen molar-refractivity contribution in [3.05, 3.63) is 24.0 Å². The van der Waals surface area contributed by atoms with E-state index < -0.39 is 48.1 Å². The van der Waals surface area contributed by atoms with Crippen LogP contribution in [0.2, 0.25) is 0 Å². The third-order valence-electron chi connectivity index (χ3n) is 4.68. The summed E-state index contributed by atoms with van der Waals surface area (Å²) in [6.45, 7) is 10.4. The van der Waals surface area contributed by atoms with Crippen molar-refractivity contribution in [2.24, 2.45) is 5.92 Å². The topological polar surface area (TPSA) is 101 Å². The quantitative estimate of drug-likeness (QED) is 0.543. The SMILES string of the molecule is C=CCC1=C(C(=O)OC)O[C@@H]([C@H](OC(C)=O)[C@H]2COC(C)(C)O2)[C@H](C)[C@H]1O. The third-order valence-corrected chi connectivity index (χ3v) is 4.68. The molecule has 8 heteroatoms. The first-order valence-corrected chi connectivity index (χ1v) is 8.87. The molecule has 5 atom stereocenters. The van der Waals surface area contributed by atoms with Gasteiger partial charge in [-0.2, -0.15) is 0 Å². The first kappa shape index (κ1) is 21.4. The highest BCUT2D eigenvalue weighted by molar-refractivity contribution is 5.87. The van der Waals surface area contributed by atoms with Crippen LogP contribution in [-0.2, 0) is 33.3 Å². The molecule has 8 nitrogen and oxygen atoms in total. The number of aliphatic hydroxyl groups excluding tert-OH is 1. The Balaban J connectivity index is 2.39. The Kier molecular flexibility index (Phi) is 6.67. The summed E-state index contributed by atoms with van der Waals surface area (Å²) in [5.41, 5.74) is 0.381. The zero-order valence-corrected chi connectivity index (χ0v) is 16.4. The van der Waals surface area contributed by atoms with Crippen LogP contribution in [0.1, 0.15) is 34.1 Å². The second-order valence-electron chi connectivity index (χ2n) is 7.17. The first-order chi connectivity index (χ1) is 12.6. The summed E-state index contributed by atoms with van der Waals surface area (Å²) < 4.78 is 27.6. The number of ether oxygens (including phenoxy) is 5. The molecule has 1 saturated heterocycles. The lowest BCUT2D eigenvalue weighted by atomic mass is 9.84. The fourth-order valence-corrected chi connectivity index (χ4v) is 3.38. The number of hydrogen-bond acceptors (Lipinski definition) is 8. The molecule has 0 bridgehead atoms. The predicted octanol–water partition coefficient (Wildman–Crippen LogP) is 1.47. The van der Waals surface area contributed by atoms with Crippen LogP contribution in [0.25, 0.3) is 0 Å². The van der Waals surface area contributed by atoms with Crippen molar-refractivity contribution in [1.82, 2.24) is 0 Å². The van der Waals surface area contributed by atoms with Gasteiger partial charge < -0.3 is 28.8 Å². The summed E-state index contributed by atoms with van der Waals surface area (Å²) in [4.78, 5) is 23.9. The van der Waals surface area contributed by atoms with Crippen molar-refractivity contribution in [3.8, 4) is 0 Å². The highest BCUT2D eigenvalue weighted by atomic mass is 16.8. The van der Waals surface area contributed by atoms with E-state index in [1.165, 1.54) is 14.0 Å². The zero-order valence-electron chi connectivity index (χ0n) is 16.4. The van der Waals surface area contributed by atoms with Crippen LogP contribution in [0.3, 0.4) is 0 Å². The van der Waals surface area contributed by atoms with E-state index >= 15 is 0 Å². The maximum Gasteiger partial charge on any atom is 0.373 e. The molecule has 0 aromatic rings. The Morgan fingerprint density at radius 1 is 1.44 bits per heavy atom. The Morgan fingerprint density at radius 3 is 2.59 bits per heavy atom. The van der Waals surface area contributed by atoms with E-state index in [-0.39, 0.29) is 18.8 Å². The molecule has 2 rings (SSSR count). The van der Waals surface area contributed by atoms with E-state index in [0.717, 1.165) is 0 Å². The van der Waals surface area contributed by atoms with Gasteiger partial charge in [-0.05, 0) is 20.3 Å². The zero-order chi connectivity index (χ0) is 20.4. The van der Waals surface area contributed by atoms with Crippen molar-refractivity contribution in [2.45, 2.75) is 64.3 Å². The number of rotatable bonds is 6. The average molecular weight is 384 g/mol. The average Bonchev–Trinajstić information content (AvgIpc) is 2.96. The highest BCUT2D eigenvalue weighted by Gasteiger charge is 2.49. The van der Waals surface area contributed by atoms with E-state index in [2.05, 4.69) is 6.58 Å². The van der Waals surface area contributed by atoms with E-state index in [9.17, 15) is 14.7 Å². The van der Waals surface area contributed by atoms with Crippen molar-refractivity contribution >= 4 is 11.9 Å². The first-order valence-electron chi connectivity index (χ1n) is 8.87. The molecule has 1 fully saturated rings. The lowest BCUT2D eigenvalue weighted by Gasteiger charge is -2.40. The van der Waals surface area contributed by atoms with Crippen LogP contribution >= 0.6 is 0 Å². The Bertz CT molecular complexity index is 623. The van der Waals surface area contributed by atoms with Crippen LogP contribution in [-0.4, -0.2) is 61.0 Å². The van der Waals surface area contributed by atoms with Gasteiger partial charge in [0.25, 0.3) is 0 Å². The second kappa shape index (κ2) is 8.41. The van der Waals surface area contributed by atoms with E-state index in [4.69, 9.17) is 23.7 Å². The highest BCUT2D eigenvalue weighted by Crippen LogP contribution is 2.37. The van der Waals surface area contributed by atoms with Gasteiger partial charge in [-0.15, -0.1) is 6.58 Å². The number of carbonyl (C=O) groups is 2. The van der Waals surface area contributed by atoms with Gasteiger partial charge in [0.1, 0.15) is 12.2 Å². The Morgan fingerprint density at radius 2 is 2.11 bits per heavy atom. The standard InChI is InChI=1S/C19H28O8/c1-7-8-12-14(21)10(2)15(26-16(12)18(22)23-6)17(25-11(3)20)13-9-24-19(4,5)27-13/h7,10,13-15,17,21H,1,8-9H2,2-6H3/t10-,13-,14-,15-,17-/m1/s1. The van der Waals surface area contributed by atoms with Crippen LogP contribution in [0.5, 0.6) is 0 Å². The number of allylic oxidation sites excluding steroid dienone is 1. The minimum absolute atomic E-state index is 0.0941. The summed E-state index contributed by atoms with van der Waals surface area (Å²) in [7, 11) is 1.23. The van der Waals surface area contributed by atoms with Crippen molar-refractivity contribution in [1.29, 1.82) is 0 Å². The summed E-state index contributed by atoms with van der Waals surface area (Å²) in [6, 6.07) is 0. The van der Waals surface area contributed by atoms with Gasteiger partial charge in [-0.25, -0.2) is 4.79 Å². The number of carbonyl (C=O) groups excluding carboxylic acids is 2. The molecule has 2 aliphatic rings. The van der Waals surface area contributed by atoms with Gasteiger partial charge in [0.15, 0.2) is 11.9 Å². The molecule has 27 heavy (non-hydrogen) atoms. The Labute approximate surface area is 159 Å². The van der Waals surface area contributed by atoms with Gasteiger partial charge in [0, 0.05) is 18.4 Å². The lowest BCUT2D eigenvalue weighted by molar-refractivity contribution is -0.192. The summed E-state index contributed by atoms with van der Waals surface area (Å²) in [5, 5.41) is 10.8. The van der Waals surface area contributed by atoms with Crippen molar-refractivity contribution < 1.29 is 38.4 Å². The van der Waals surface area contributed by atoms with E-state index in [0.29, 0.717) is 5.57 Å². The minimum atomic E-state index is -0.996. The second-order valence-corrected chi connectivity index (χ2v) is 7.17. The van der Waals surface area contributed by atoms with Crippen LogP contribution < -0.4 is 0 Å². The van der Waals surface area contributed by atoms with Gasteiger partial charge in [-0.1, -0.05) is 13.0 Å². The molecular formula is C19H28O8. The molecule has 0 amide bonds. The molecule has 152 valence electrons. The molecule has 0 unspecified atom stereocenters. The maximum atomic E-state index is 12.2. The summed E-state index contributed by atoms with van der Waals surface area (Å²) in [6.07, 6.45) is -1.48. The molecule has 0 radical (unpaired) electrons. The largest absolute Gasteiger partial charge is 0.479 e. The minimum Gasteiger partial charge on any atom is -0.479 e. The summed E-state index contributed by atoms with van der Waals surface area (Å²) >= 11 is 0. The third kappa shape index (κ3) is 4.69. The summed E-state index contributed by atoms with van der Waals surface area (Å²) in [5.74, 6) is -2.66. The molecular weight excluding hydrogens is 356 g/mol. The van der Waals surface area contributed by atoms with Gasteiger partial charge in [-0.3, -0.25) is 4.79 Å². The number of hydrogen-bond donors (Lipinski definition) is 1. The molecule has 0 aliphatic carbocycles. The molecule has 2 aliphatic heterocycles. The Hall–Kier alpha value is -1.90. The number of aliphatic hydroxyl groups is 1. The van der Waals surface area contributed by atoms with Crippen LogP contribution in [0.4, 0.5) is 0 Å². The molecule has 0 aromatic carbocycles. The smallest absolute Gasteiger partial charge is 0.373 e. The number of methoxy groups -OCH3 is 1. The maximum absolute atomic E-state index is 12.2. The van der Waals surface area contributed by atoms with Gasteiger partial charge in [0.05, 0.1) is 19.8 Å². The lowest BCUT2D eigenvalue weighted by Crippen LogP contribution is -2.52. The van der Waals surface area contributed by atoms with Crippen molar-refractivity contribution in [3.63, 3.8) is 0 Å². The number of esters is 2. The normalized spacial score (nSPS) is 31.0. The van der Waals surface area contributed by atoms with Crippen LogP contribution in [0.15, 0.2) is 24.0 Å². The predicted molar refractivity (Wildman–Crippen MR) is 94.4 cm³/mol. The van der Waals surface area contributed by atoms with Crippen molar-refractivity contribution in [2.75, 3.05) is 13.7 Å². The molecule has 0 aromatic heterocycles. The molecule has 1 N–H and O–H groups in total. The fraction of sp³-hybridized carbons (Fsp3) is 0.684. The monoisotopic (exact) mass is 384 g/mol. The van der Waals surface area contributed by atoms with Gasteiger partial charge in [0.2, 0.25) is 5.76 Å². The van der Waals surface area contributed by atoms with E-state index in [1.807, 2.05) is 0 Å². The van der Waals surface area contributed by atoms with Gasteiger partial charge >= 0.3 is 11.9 Å². The molecule has 0 spiro atoms. The molecule has 0 saturated carbocycles.